The first-order chi connectivity index (χ1) is 13.5. The molecule has 3 rings (SSSR count). The van der Waals surface area contributed by atoms with Gasteiger partial charge in [-0.1, -0.05) is 6.07 Å². The maximum absolute atomic E-state index is 12.6. The van der Waals surface area contributed by atoms with Crippen molar-refractivity contribution >= 4 is 23.8 Å². The molecule has 1 atom stereocenters. The average molecular weight is 407 g/mol. The van der Waals surface area contributed by atoms with Crippen LogP contribution in [-0.2, 0) is 9.53 Å². The Kier molecular flexibility index (Phi) is 6.69. The lowest BCUT2D eigenvalue weighted by Crippen LogP contribution is -2.49. The van der Waals surface area contributed by atoms with Crippen LogP contribution in [0.2, 0.25) is 0 Å². The molecule has 1 aromatic carbocycles. The van der Waals surface area contributed by atoms with Gasteiger partial charge in [-0.2, -0.15) is 11.8 Å². The van der Waals surface area contributed by atoms with E-state index in [2.05, 4.69) is 15.5 Å². The molecule has 1 saturated heterocycles. The fourth-order valence-corrected chi connectivity index (χ4v) is 4.29. The number of phenols is 1. The molecule has 3 N–H and O–H groups in total. The number of esters is 1. The molecule has 0 spiro atoms. The standard InChI is InChI=1S/C19H25N3O5S/c1-3-27-15-10-12(4-5-14(15)23)17-16(18(24)26-2)13(20-19(25)21-17)11-22-6-8-28-9-7-22/h4-5,10,17,23H,3,6-9,11H2,1-2H3,(H2,20,21,25)/t17-/m0/s1. The normalized spacial score (nSPS) is 20.4. The van der Waals surface area contributed by atoms with Crippen LogP contribution in [0.3, 0.4) is 0 Å². The quantitative estimate of drug-likeness (QED) is 0.616. The van der Waals surface area contributed by atoms with Crippen LogP contribution >= 0.6 is 11.8 Å². The predicted molar refractivity (Wildman–Crippen MR) is 106 cm³/mol. The SMILES string of the molecule is CCOc1cc([C@@H]2NC(=O)NC(CN3CCSCC3)=C2C(=O)OC)ccc1O. The summed E-state index contributed by atoms with van der Waals surface area (Å²) < 4.78 is 10.5. The number of carbonyl (C=O) groups is 2. The second-order valence-corrected chi connectivity index (χ2v) is 7.69. The number of amides is 2. The maximum atomic E-state index is 12.6. The Morgan fingerprint density at radius 1 is 1.36 bits per heavy atom. The topological polar surface area (TPSA) is 100 Å². The van der Waals surface area contributed by atoms with Crippen molar-refractivity contribution in [1.82, 2.24) is 15.5 Å². The number of rotatable bonds is 6. The minimum atomic E-state index is -0.699. The van der Waals surface area contributed by atoms with Crippen LogP contribution in [-0.4, -0.2) is 66.9 Å². The van der Waals surface area contributed by atoms with Crippen LogP contribution < -0.4 is 15.4 Å². The number of carbonyl (C=O) groups excluding carboxylic acids is 2. The molecular weight excluding hydrogens is 382 g/mol. The summed E-state index contributed by atoms with van der Waals surface area (Å²) in [5, 5.41) is 15.5. The van der Waals surface area contributed by atoms with Gasteiger partial charge in [0.15, 0.2) is 11.5 Å². The number of nitrogens with zero attached hydrogens (tertiary/aromatic N) is 1. The summed E-state index contributed by atoms with van der Waals surface area (Å²) in [6, 6.07) is 3.70. The zero-order valence-electron chi connectivity index (χ0n) is 16.0. The molecule has 0 aliphatic carbocycles. The minimum Gasteiger partial charge on any atom is -0.504 e. The number of nitrogens with one attached hydrogen (secondary N) is 2. The van der Waals surface area contributed by atoms with Gasteiger partial charge in [-0.05, 0) is 24.6 Å². The highest BCUT2D eigenvalue weighted by molar-refractivity contribution is 7.99. The van der Waals surface area contributed by atoms with Crippen molar-refractivity contribution in [1.29, 1.82) is 0 Å². The fourth-order valence-electron chi connectivity index (χ4n) is 3.31. The molecule has 2 amide bonds. The van der Waals surface area contributed by atoms with Crippen molar-refractivity contribution in [2.24, 2.45) is 0 Å². The van der Waals surface area contributed by atoms with Gasteiger partial charge in [-0.15, -0.1) is 0 Å². The Hall–Kier alpha value is -2.39. The van der Waals surface area contributed by atoms with Crippen LogP contribution in [0.25, 0.3) is 0 Å². The van der Waals surface area contributed by atoms with E-state index in [0.717, 1.165) is 24.6 Å². The molecule has 9 heteroatoms. The number of ether oxygens (including phenoxy) is 2. The van der Waals surface area contributed by atoms with Gasteiger partial charge in [0.1, 0.15) is 0 Å². The summed E-state index contributed by atoms with van der Waals surface area (Å²) in [5.41, 5.74) is 1.52. The molecule has 1 fully saturated rings. The third kappa shape index (κ3) is 4.53. The number of thioether (sulfide) groups is 1. The van der Waals surface area contributed by atoms with Gasteiger partial charge in [0.05, 0.1) is 25.3 Å². The number of urea groups is 1. The van der Waals surface area contributed by atoms with E-state index in [1.54, 1.807) is 12.1 Å². The summed E-state index contributed by atoms with van der Waals surface area (Å²) in [7, 11) is 1.32. The van der Waals surface area contributed by atoms with Crippen molar-refractivity contribution in [3.05, 3.63) is 35.0 Å². The molecule has 2 aliphatic rings. The molecule has 28 heavy (non-hydrogen) atoms. The first-order valence-electron chi connectivity index (χ1n) is 9.18. The second kappa shape index (κ2) is 9.20. The second-order valence-electron chi connectivity index (χ2n) is 6.46. The molecule has 0 aromatic heterocycles. The summed E-state index contributed by atoms with van der Waals surface area (Å²) in [5.74, 6) is 1.83. The number of hydrogen-bond donors (Lipinski definition) is 3. The van der Waals surface area contributed by atoms with Crippen LogP contribution in [0.5, 0.6) is 11.5 Å². The first-order valence-corrected chi connectivity index (χ1v) is 10.3. The highest BCUT2D eigenvalue weighted by atomic mass is 32.2. The van der Waals surface area contributed by atoms with Crippen LogP contribution in [0.1, 0.15) is 18.5 Å². The molecule has 0 bridgehead atoms. The minimum absolute atomic E-state index is 0.000462. The highest BCUT2D eigenvalue weighted by Crippen LogP contribution is 2.34. The Balaban J connectivity index is 1.99. The lowest BCUT2D eigenvalue weighted by Gasteiger charge is -2.33. The van der Waals surface area contributed by atoms with Gasteiger partial charge in [-0.25, -0.2) is 9.59 Å². The van der Waals surface area contributed by atoms with Gasteiger partial charge in [0.2, 0.25) is 0 Å². The zero-order valence-corrected chi connectivity index (χ0v) is 16.8. The molecule has 2 heterocycles. The third-order valence-corrected chi connectivity index (χ3v) is 5.60. The van der Waals surface area contributed by atoms with Crippen molar-refractivity contribution in [3.63, 3.8) is 0 Å². The molecule has 152 valence electrons. The molecule has 1 aromatic rings. The number of benzene rings is 1. The molecule has 0 unspecified atom stereocenters. The Bertz CT molecular complexity index is 777. The van der Waals surface area contributed by atoms with E-state index in [1.807, 2.05) is 18.7 Å². The lowest BCUT2D eigenvalue weighted by molar-refractivity contribution is -0.136. The molecule has 2 aliphatic heterocycles. The van der Waals surface area contributed by atoms with E-state index in [-0.39, 0.29) is 11.8 Å². The Morgan fingerprint density at radius 3 is 2.79 bits per heavy atom. The van der Waals surface area contributed by atoms with Gasteiger partial charge in [0.25, 0.3) is 0 Å². The van der Waals surface area contributed by atoms with Crippen LogP contribution in [0, 0.1) is 0 Å². The number of hydrogen-bond acceptors (Lipinski definition) is 7. The summed E-state index contributed by atoms with van der Waals surface area (Å²) in [6.45, 7) is 4.45. The van der Waals surface area contributed by atoms with Gasteiger partial charge < -0.3 is 25.2 Å². The lowest BCUT2D eigenvalue weighted by atomic mass is 9.94. The maximum Gasteiger partial charge on any atom is 0.338 e. The Morgan fingerprint density at radius 2 is 2.11 bits per heavy atom. The third-order valence-electron chi connectivity index (χ3n) is 4.66. The summed E-state index contributed by atoms with van der Waals surface area (Å²) in [6.07, 6.45) is 0. The molecule has 0 radical (unpaired) electrons. The van der Waals surface area contributed by atoms with Gasteiger partial charge >= 0.3 is 12.0 Å². The summed E-state index contributed by atoms with van der Waals surface area (Å²) >= 11 is 1.89. The van der Waals surface area contributed by atoms with E-state index in [4.69, 9.17) is 9.47 Å². The first kappa shape index (κ1) is 20.3. The van der Waals surface area contributed by atoms with E-state index < -0.39 is 12.0 Å². The predicted octanol–water partition coefficient (Wildman–Crippen LogP) is 1.62. The van der Waals surface area contributed by atoms with E-state index in [0.29, 0.717) is 35.7 Å². The van der Waals surface area contributed by atoms with E-state index in [1.165, 1.54) is 13.2 Å². The van der Waals surface area contributed by atoms with Crippen molar-refractivity contribution in [2.45, 2.75) is 13.0 Å². The number of aromatic hydroxyl groups is 1. The highest BCUT2D eigenvalue weighted by Gasteiger charge is 2.34. The van der Waals surface area contributed by atoms with Gasteiger partial charge in [0, 0.05) is 36.8 Å². The van der Waals surface area contributed by atoms with Crippen molar-refractivity contribution < 1.29 is 24.2 Å². The fraction of sp³-hybridized carbons (Fsp3) is 0.474. The molecule has 8 nitrogen and oxygen atoms in total. The number of methoxy groups -OCH3 is 1. The Labute approximate surface area is 168 Å². The van der Waals surface area contributed by atoms with Gasteiger partial charge in [-0.3, -0.25) is 4.90 Å². The zero-order chi connectivity index (χ0) is 20.1. The average Bonchev–Trinajstić information content (AvgIpc) is 2.69. The van der Waals surface area contributed by atoms with Crippen molar-refractivity contribution in [3.8, 4) is 11.5 Å². The molecule has 0 saturated carbocycles. The van der Waals surface area contributed by atoms with Crippen LogP contribution in [0.15, 0.2) is 29.5 Å². The van der Waals surface area contributed by atoms with Crippen LogP contribution in [0.4, 0.5) is 4.79 Å². The van der Waals surface area contributed by atoms with Crippen molar-refractivity contribution in [2.75, 3.05) is 44.9 Å². The largest absolute Gasteiger partial charge is 0.504 e. The summed E-state index contributed by atoms with van der Waals surface area (Å²) in [4.78, 5) is 27.1. The van der Waals surface area contributed by atoms with E-state index in [9.17, 15) is 14.7 Å². The number of phenolic OH excluding ortho intramolecular Hbond substituents is 1. The molecular formula is C19H25N3O5S. The van der Waals surface area contributed by atoms with E-state index >= 15 is 0 Å². The smallest absolute Gasteiger partial charge is 0.338 e. The monoisotopic (exact) mass is 407 g/mol.